The number of aryl methyl sites for hydroxylation is 2. The molecule has 29 heavy (non-hydrogen) atoms. The van der Waals surface area contributed by atoms with Crippen LogP contribution >= 0.6 is 0 Å². The fraction of sp³-hybridized carbons (Fsp3) is 0.261. The van der Waals surface area contributed by atoms with Crippen molar-refractivity contribution in [3.63, 3.8) is 0 Å². The minimum atomic E-state index is -0.473. The van der Waals surface area contributed by atoms with E-state index in [-0.39, 0.29) is 5.57 Å². The average molecular weight is 391 g/mol. The molecular formula is C23H25N3O3. The largest absolute Gasteiger partial charge is 0.462 e. The summed E-state index contributed by atoms with van der Waals surface area (Å²) in [7, 11) is 0. The standard InChI is InChI=1S/C23H25N3O3/c1-4-16-8-7-9-17(5-2)21(16)26-22(27)19(14-24)15-25-20-12-10-18(11-13-20)23(28)29-6-3/h7-13,15,25H,4-6H2,1-3H3,(H,26,27)/b19-15-. The van der Waals surface area contributed by atoms with Crippen LogP contribution in [0.2, 0.25) is 0 Å². The van der Waals surface area contributed by atoms with Gasteiger partial charge >= 0.3 is 5.97 Å². The maximum Gasteiger partial charge on any atom is 0.338 e. The summed E-state index contributed by atoms with van der Waals surface area (Å²) in [6, 6.07) is 14.4. The number of esters is 1. The zero-order valence-electron chi connectivity index (χ0n) is 16.9. The van der Waals surface area contributed by atoms with Gasteiger partial charge in [0.1, 0.15) is 11.6 Å². The number of hydrogen-bond acceptors (Lipinski definition) is 5. The molecule has 0 bridgehead atoms. The van der Waals surface area contributed by atoms with E-state index in [9.17, 15) is 14.9 Å². The summed E-state index contributed by atoms with van der Waals surface area (Å²) >= 11 is 0. The van der Waals surface area contributed by atoms with Crippen LogP contribution in [0.5, 0.6) is 0 Å². The number of ether oxygens (including phenoxy) is 1. The van der Waals surface area contributed by atoms with Gasteiger partial charge in [-0.2, -0.15) is 5.26 Å². The Balaban J connectivity index is 2.13. The second-order valence-electron chi connectivity index (χ2n) is 6.22. The SMILES string of the molecule is CCOC(=O)c1ccc(N/C=C(/C#N)C(=O)Nc2c(CC)cccc2CC)cc1. The molecule has 0 saturated heterocycles. The lowest BCUT2D eigenvalue weighted by molar-refractivity contribution is -0.112. The summed E-state index contributed by atoms with van der Waals surface area (Å²) in [6.07, 6.45) is 2.91. The molecule has 0 saturated carbocycles. The quantitative estimate of drug-likeness (QED) is 0.394. The number of amides is 1. The van der Waals surface area contributed by atoms with Crippen molar-refractivity contribution < 1.29 is 14.3 Å². The van der Waals surface area contributed by atoms with Crippen molar-refractivity contribution in [1.29, 1.82) is 5.26 Å². The molecule has 150 valence electrons. The highest BCUT2D eigenvalue weighted by atomic mass is 16.5. The molecule has 2 aromatic rings. The molecular weight excluding hydrogens is 366 g/mol. The first kappa shape index (κ1) is 21.7. The Morgan fingerprint density at radius 2 is 1.66 bits per heavy atom. The average Bonchev–Trinajstić information content (AvgIpc) is 2.74. The van der Waals surface area contributed by atoms with Crippen molar-refractivity contribution in [1.82, 2.24) is 0 Å². The number of rotatable bonds is 8. The zero-order chi connectivity index (χ0) is 21.2. The summed E-state index contributed by atoms with van der Waals surface area (Å²) < 4.78 is 4.94. The predicted octanol–water partition coefficient (Wildman–Crippen LogP) is 4.45. The van der Waals surface area contributed by atoms with Crippen molar-refractivity contribution in [2.75, 3.05) is 17.2 Å². The predicted molar refractivity (Wildman–Crippen MR) is 114 cm³/mol. The summed E-state index contributed by atoms with van der Waals surface area (Å²) in [6.45, 7) is 6.10. The Morgan fingerprint density at radius 1 is 1.03 bits per heavy atom. The molecule has 0 unspecified atom stereocenters. The lowest BCUT2D eigenvalue weighted by Gasteiger charge is -2.14. The first-order valence-electron chi connectivity index (χ1n) is 9.60. The van der Waals surface area contributed by atoms with Crippen LogP contribution < -0.4 is 10.6 Å². The first-order valence-corrected chi connectivity index (χ1v) is 9.60. The van der Waals surface area contributed by atoms with E-state index in [1.165, 1.54) is 6.20 Å². The van der Waals surface area contributed by atoms with Crippen LogP contribution in [-0.2, 0) is 22.4 Å². The van der Waals surface area contributed by atoms with Gasteiger partial charge in [-0.05, 0) is 55.2 Å². The molecule has 0 fully saturated rings. The van der Waals surface area contributed by atoms with Gasteiger partial charge in [0.2, 0.25) is 0 Å². The molecule has 2 N–H and O–H groups in total. The van der Waals surface area contributed by atoms with Crippen molar-refractivity contribution >= 4 is 23.3 Å². The van der Waals surface area contributed by atoms with Crippen LogP contribution in [0.1, 0.15) is 42.3 Å². The van der Waals surface area contributed by atoms with Gasteiger partial charge in [0.25, 0.3) is 5.91 Å². The lowest BCUT2D eigenvalue weighted by Crippen LogP contribution is -2.17. The third-order valence-corrected chi connectivity index (χ3v) is 4.38. The van der Waals surface area contributed by atoms with E-state index < -0.39 is 11.9 Å². The summed E-state index contributed by atoms with van der Waals surface area (Å²) in [5, 5.41) is 15.2. The van der Waals surface area contributed by atoms with Crippen molar-refractivity contribution in [2.24, 2.45) is 0 Å². The summed E-state index contributed by atoms with van der Waals surface area (Å²) in [5.74, 6) is -0.869. The summed E-state index contributed by atoms with van der Waals surface area (Å²) in [5.41, 5.74) is 3.84. The van der Waals surface area contributed by atoms with Crippen LogP contribution in [0.4, 0.5) is 11.4 Å². The monoisotopic (exact) mass is 391 g/mol. The molecule has 0 spiro atoms. The lowest BCUT2D eigenvalue weighted by atomic mass is 10.0. The van der Waals surface area contributed by atoms with Crippen molar-refractivity contribution in [3.05, 3.63) is 70.9 Å². The third-order valence-electron chi connectivity index (χ3n) is 4.38. The maximum atomic E-state index is 12.6. The highest BCUT2D eigenvalue weighted by molar-refractivity contribution is 6.07. The topological polar surface area (TPSA) is 91.2 Å². The maximum absolute atomic E-state index is 12.6. The normalized spacial score (nSPS) is 10.8. The molecule has 2 rings (SSSR count). The Hall–Kier alpha value is -3.59. The minimum Gasteiger partial charge on any atom is -0.462 e. The van der Waals surface area contributed by atoms with Crippen LogP contribution in [0.25, 0.3) is 0 Å². The molecule has 6 nitrogen and oxygen atoms in total. The van der Waals surface area contributed by atoms with Gasteiger partial charge < -0.3 is 15.4 Å². The number of anilines is 2. The van der Waals surface area contributed by atoms with E-state index in [1.807, 2.05) is 38.1 Å². The van der Waals surface area contributed by atoms with E-state index in [2.05, 4.69) is 10.6 Å². The molecule has 2 aromatic carbocycles. The Morgan fingerprint density at radius 3 is 2.17 bits per heavy atom. The van der Waals surface area contributed by atoms with Gasteiger partial charge in [-0.25, -0.2) is 4.79 Å². The van der Waals surface area contributed by atoms with Crippen LogP contribution in [0.3, 0.4) is 0 Å². The molecule has 0 radical (unpaired) electrons. The highest BCUT2D eigenvalue weighted by Crippen LogP contribution is 2.23. The van der Waals surface area contributed by atoms with Crippen LogP contribution in [0, 0.1) is 11.3 Å². The number of carbonyl (C=O) groups is 2. The number of carbonyl (C=O) groups excluding carboxylic acids is 2. The van der Waals surface area contributed by atoms with Crippen molar-refractivity contribution in [3.8, 4) is 6.07 Å². The molecule has 0 aromatic heterocycles. The molecule has 6 heteroatoms. The molecule has 1 amide bonds. The second kappa shape index (κ2) is 10.7. The van der Waals surface area contributed by atoms with Gasteiger partial charge in [0.15, 0.2) is 0 Å². The van der Waals surface area contributed by atoms with Gasteiger partial charge in [-0.1, -0.05) is 32.0 Å². The van der Waals surface area contributed by atoms with Crippen LogP contribution in [0.15, 0.2) is 54.2 Å². The number of nitrogens with one attached hydrogen (secondary N) is 2. The number of benzene rings is 2. The molecule has 0 atom stereocenters. The number of nitrogens with zero attached hydrogens (tertiary/aromatic N) is 1. The molecule has 0 aliphatic heterocycles. The smallest absolute Gasteiger partial charge is 0.338 e. The first-order chi connectivity index (χ1) is 14.0. The Labute approximate surface area is 171 Å². The van der Waals surface area contributed by atoms with Crippen LogP contribution in [-0.4, -0.2) is 18.5 Å². The fourth-order valence-corrected chi connectivity index (χ4v) is 2.81. The Kier molecular flexibility index (Phi) is 7.99. The minimum absolute atomic E-state index is 0.0487. The molecule has 0 aliphatic rings. The van der Waals surface area contributed by atoms with E-state index in [0.29, 0.717) is 17.9 Å². The van der Waals surface area contributed by atoms with Gasteiger partial charge in [0, 0.05) is 17.6 Å². The number of nitriles is 1. The van der Waals surface area contributed by atoms with E-state index in [0.717, 1.165) is 29.7 Å². The zero-order valence-corrected chi connectivity index (χ0v) is 16.9. The van der Waals surface area contributed by atoms with E-state index in [4.69, 9.17) is 4.74 Å². The Bertz CT molecular complexity index is 919. The van der Waals surface area contributed by atoms with Gasteiger partial charge in [-0.3, -0.25) is 4.79 Å². The highest BCUT2D eigenvalue weighted by Gasteiger charge is 2.14. The van der Waals surface area contributed by atoms with Gasteiger partial charge in [0.05, 0.1) is 12.2 Å². The van der Waals surface area contributed by atoms with E-state index in [1.54, 1.807) is 31.2 Å². The molecule has 0 heterocycles. The molecule has 0 aliphatic carbocycles. The number of hydrogen-bond donors (Lipinski definition) is 2. The fourth-order valence-electron chi connectivity index (χ4n) is 2.81. The van der Waals surface area contributed by atoms with E-state index >= 15 is 0 Å². The second-order valence-corrected chi connectivity index (χ2v) is 6.22. The van der Waals surface area contributed by atoms with Crippen molar-refractivity contribution in [2.45, 2.75) is 33.6 Å². The number of para-hydroxylation sites is 1. The summed E-state index contributed by atoms with van der Waals surface area (Å²) in [4.78, 5) is 24.3. The van der Waals surface area contributed by atoms with Gasteiger partial charge in [-0.15, -0.1) is 0 Å². The third kappa shape index (κ3) is 5.69.